The number of rotatable bonds is 1. The lowest BCUT2D eigenvalue weighted by Crippen LogP contribution is -2.22. The summed E-state index contributed by atoms with van der Waals surface area (Å²) in [7, 11) is 0. The summed E-state index contributed by atoms with van der Waals surface area (Å²) in [6.45, 7) is 3.39. The van der Waals surface area contributed by atoms with E-state index in [-0.39, 0.29) is 21.2 Å². The molecule has 76 valence electrons. The van der Waals surface area contributed by atoms with Crippen LogP contribution < -0.4 is 0 Å². The summed E-state index contributed by atoms with van der Waals surface area (Å²) in [4.78, 5) is 24.2. The standard InChI is InChI=1S/C10H5Cl2NO2/c1-2-13-9(14)5-3-7(11)8(12)4-6(5)10(13)15/h2-4H,1H2. The fraction of sp³-hybridized carbons (Fsp3) is 0. The third-order valence-electron chi connectivity index (χ3n) is 2.14. The molecular weight excluding hydrogens is 237 g/mol. The van der Waals surface area contributed by atoms with Gasteiger partial charge in [-0.1, -0.05) is 29.8 Å². The molecule has 0 saturated heterocycles. The van der Waals surface area contributed by atoms with Gasteiger partial charge in [0.15, 0.2) is 0 Å². The number of fused-ring (bicyclic) bond motifs is 1. The van der Waals surface area contributed by atoms with Gasteiger partial charge < -0.3 is 0 Å². The van der Waals surface area contributed by atoms with Crippen molar-refractivity contribution in [3.8, 4) is 0 Å². The minimum Gasteiger partial charge on any atom is -0.268 e. The van der Waals surface area contributed by atoms with Crippen LogP contribution in [-0.4, -0.2) is 16.7 Å². The normalized spacial score (nSPS) is 14.4. The number of nitrogens with zero attached hydrogens (tertiary/aromatic N) is 1. The van der Waals surface area contributed by atoms with Crippen LogP contribution in [-0.2, 0) is 0 Å². The molecular formula is C10H5Cl2NO2. The van der Waals surface area contributed by atoms with Crippen molar-refractivity contribution in [2.45, 2.75) is 0 Å². The maximum Gasteiger partial charge on any atom is 0.265 e. The predicted octanol–water partition coefficient (Wildman–Crippen LogP) is 2.73. The highest BCUT2D eigenvalue weighted by Crippen LogP contribution is 2.31. The number of amides is 2. The molecule has 1 aliphatic heterocycles. The Bertz CT molecular complexity index is 455. The molecule has 0 radical (unpaired) electrons. The second-order valence-corrected chi connectivity index (χ2v) is 3.79. The highest BCUT2D eigenvalue weighted by atomic mass is 35.5. The molecule has 3 nitrogen and oxygen atoms in total. The lowest BCUT2D eigenvalue weighted by molar-refractivity contribution is 0.0722. The number of hydrogen-bond acceptors (Lipinski definition) is 2. The number of carbonyl (C=O) groups excluding carboxylic acids is 2. The van der Waals surface area contributed by atoms with Crippen LogP contribution >= 0.6 is 23.2 Å². The van der Waals surface area contributed by atoms with Gasteiger partial charge in [0, 0.05) is 6.20 Å². The Hall–Kier alpha value is -1.32. The largest absolute Gasteiger partial charge is 0.268 e. The van der Waals surface area contributed by atoms with Crippen LogP contribution in [0.25, 0.3) is 0 Å². The van der Waals surface area contributed by atoms with Crippen LogP contribution in [0.15, 0.2) is 24.9 Å². The Morgan fingerprint density at radius 2 is 1.47 bits per heavy atom. The topological polar surface area (TPSA) is 37.4 Å². The van der Waals surface area contributed by atoms with Gasteiger partial charge in [-0.3, -0.25) is 9.59 Å². The Labute approximate surface area is 95.9 Å². The van der Waals surface area contributed by atoms with Crippen molar-refractivity contribution in [1.29, 1.82) is 0 Å². The summed E-state index contributed by atoms with van der Waals surface area (Å²) >= 11 is 11.5. The first kappa shape index (κ1) is 10.2. The summed E-state index contributed by atoms with van der Waals surface area (Å²) in [5.41, 5.74) is 0.517. The van der Waals surface area contributed by atoms with Crippen molar-refractivity contribution in [3.63, 3.8) is 0 Å². The highest BCUT2D eigenvalue weighted by Gasteiger charge is 2.34. The van der Waals surface area contributed by atoms with E-state index in [0.717, 1.165) is 4.90 Å². The zero-order valence-corrected chi connectivity index (χ0v) is 8.97. The lowest BCUT2D eigenvalue weighted by Gasteiger charge is -2.04. The smallest absolute Gasteiger partial charge is 0.265 e. The van der Waals surface area contributed by atoms with E-state index in [9.17, 15) is 9.59 Å². The number of benzene rings is 1. The molecule has 1 aromatic rings. The van der Waals surface area contributed by atoms with Crippen LogP contribution in [0.5, 0.6) is 0 Å². The Morgan fingerprint density at radius 3 is 1.80 bits per heavy atom. The molecule has 1 aliphatic rings. The number of carbonyl (C=O) groups is 2. The fourth-order valence-corrected chi connectivity index (χ4v) is 1.75. The van der Waals surface area contributed by atoms with E-state index in [1.165, 1.54) is 18.3 Å². The second-order valence-electron chi connectivity index (χ2n) is 2.97. The van der Waals surface area contributed by atoms with Gasteiger partial charge in [0.1, 0.15) is 0 Å². The maximum atomic E-state index is 11.6. The molecule has 2 amide bonds. The summed E-state index contributed by atoms with van der Waals surface area (Å²) in [5, 5.41) is 0.505. The van der Waals surface area contributed by atoms with Crippen LogP contribution in [0.4, 0.5) is 0 Å². The van der Waals surface area contributed by atoms with E-state index in [2.05, 4.69) is 6.58 Å². The van der Waals surface area contributed by atoms with Gasteiger partial charge in [-0.15, -0.1) is 0 Å². The monoisotopic (exact) mass is 241 g/mol. The molecule has 0 aliphatic carbocycles. The molecule has 15 heavy (non-hydrogen) atoms. The van der Waals surface area contributed by atoms with Crippen molar-refractivity contribution in [2.24, 2.45) is 0 Å². The molecule has 0 unspecified atom stereocenters. The number of hydrogen-bond donors (Lipinski definition) is 0. The molecule has 1 heterocycles. The first-order valence-corrected chi connectivity index (χ1v) is 4.81. The van der Waals surface area contributed by atoms with E-state index < -0.39 is 11.8 Å². The predicted molar refractivity (Wildman–Crippen MR) is 57.2 cm³/mol. The van der Waals surface area contributed by atoms with Crippen LogP contribution in [0.1, 0.15) is 20.7 Å². The third kappa shape index (κ3) is 1.35. The van der Waals surface area contributed by atoms with Gasteiger partial charge in [-0.25, -0.2) is 4.90 Å². The van der Waals surface area contributed by atoms with Gasteiger partial charge in [-0.05, 0) is 12.1 Å². The van der Waals surface area contributed by atoms with Gasteiger partial charge >= 0.3 is 0 Å². The van der Waals surface area contributed by atoms with Crippen LogP contribution in [0, 0.1) is 0 Å². The summed E-state index contributed by atoms with van der Waals surface area (Å²) in [6, 6.07) is 2.78. The van der Waals surface area contributed by atoms with E-state index in [0.29, 0.717) is 0 Å². The van der Waals surface area contributed by atoms with Crippen molar-refractivity contribution in [2.75, 3.05) is 0 Å². The Balaban J connectivity index is 2.68. The van der Waals surface area contributed by atoms with Crippen molar-refractivity contribution < 1.29 is 9.59 Å². The van der Waals surface area contributed by atoms with E-state index in [4.69, 9.17) is 23.2 Å². The van der Waals surface area contributed by atoms with Gasteiger partial charge in [-0.2, -0.15) is 0 Å². The number of halogens is 2. The lowest BCUT2D eigenvalue weighted by atomic mass is 10.1. The quantitative estimate of drug-likeness (QED) is 0.710. The summed E-state index contributed by atoms with van der Waals surface area (Å²) < 4.78 is 0. The SMILES string of the molecule is C=CN1C(=O)c2cc(Cl)c(Cl)cc2C1=O. The average Bonchev–Trinajstić information content (AvgIpc) is 2.42. The fourth-order valence-electron chi connectivity index (χ4n) is 1.42. The molecule has 0 aromatic heterocycles. The van der Waals surface area contributed by atoms with E-state index in [1.807, 2.05) is 0 Å². The van der Waals surface area contributed by atoms with Crippen molar-refractivity contribution in [3.05, 3.63) is 46.1 Å². The molecule has 0 fully saturated rings. The van der Waals surface area contributed by atoms with E-state index >= 15 is 0 Å². The molecule has 0 bridgehead atoms. The maximum absolute atomic E-state index is 11.6. The Kier molecular flexibility index (Phi) is 2.29. The summed E-state index contributed by atoms with van der Waals surface area (Å²) in [5.74, 6) is -0.855. The van der Waals surface area contributed by atoms with Crippen LogP contribution in [0.3, 0.4) is 0 Å². The van der Waals surface area contributed by atoms with Crippen molar-refractivity contribution >= 4 is 35.0 Å². The molecule has 5 heteroatoms. The second kappa shape index (κ2) is 3.36. The van der Waals surface area contributed by atoms with Crippen molar-refractivity contribution in [1.82, 2.24) is 4.90 Å². The number of imide groups is 1. The zero-order chi connectivity index (χ0) is 11.2. The van der Waals surface area contributed by atoms with Gasteiger partial charge in [0.2, 0.25) is 0 Å². The van der Waals surface area contributed by atoms with Crippen LogP contribution in [0.2, 0.25) is 10.0 Å². The molecule has 0 N–H and O–H groups in total. The average molecular weight is 242 g/mol. The molecule has 1 aromatic carbocycles. The van der Waals surface area contributed by atoms with E-state index in [1.54, 1.807) is 0 Å². The van der Waals surface area contributed by atoms with Gasteiger partial charge in [0.05, 0.1) is 21.2 Å². The third-order valence-corrected chi connectivity index (χ3v) is 2.86. The first-order chi connectivity index (χ1) is 7.06. The highest BCUT2D eigenvalue weighted by molar-refractivity contribution is 6.43. The first-order valence-electron chi connectivity index (χ1n) is 4.05. The zero-order valence-electron chi connectivity index (χ0n) is 7.46. The summed E-state index contributed by atoms with van der Waals surface area (Å²) in [6.07, 6.45) is 1.17. The Morgan fingerprint density at radius 1 is 1.07 bits per heavy atom. The molecule has 0 spiro atoms. The van der Waals surface area contributed by atoms with Gasteiger partial charge in [0.25, 0.3) is 11.8 Å². The minimum atomic E-state index is -0.427. The molecule has 0 saturated carbocycles. The minimum absolute atomic E-state index is 0.252. The molecule has 0 atom stereocenters. The molecule has 2 rings (SSSR count).